The lowest BCUT2D eigenvalue weighted by molar-refractivity contribution is -0.122. The lowest BCUT2D eigenvalue weighted by Crippen LogP contribution is -2.47. The van der Waals surface area contributed by atoms with Crippen molar-refractivity contribution in [1.29, 1.82) is 0 Å². The number of benzene rings is 1. The number of nitrogens with two attached hydrogens (primary N) is 1. The van der Waals surface area contributed by atoms with E-state index < -0.39 is 11.1 Å². The number of carbonyl (C=O) groups is 2. The van der Waals surface area contributed by atoms with E-state index in [1.807, 2.05) is 12.3 Å². The summed E-state index contributed by atoms with van der Waals surface area (Å²) in [5, 5.41) is 5.10. The van der Waals surface area contributed by atoms with Crippen LogP contribution in [-0.2, 0) is 20.6 Å². The first-order valence-electron chi connectivity index (χ1n) is 10.7. The van der Waals surface area contributed by atoms with Gasteiger partial charge in [0.15, 0.2) is 5.13 Å². The average Bonchev–Trinajstić information content (AvgIpc) is 3.43. The zero-order valence-corrected chi connectivity index (χ0v) is 20.0. The summed E-state index contributed by atoms with van der Waals surface area (Å²) in [7, 11) is 0. The Labute approximate surface area is 202 Å². The number of nitrogens with zero attached hydrogens (tertiary/aromatic N) is 3. The summed E-state index contributed by atoms with van der Waals surface area (Å²) < 4.78 is 27.3. The highest BCUT2D eigenvalue weighted by molar-refractivity contribution is 7.79. The molecule has 3 heterocycles. The van der Waals surface area contributed by atoms with Gasteiger partial charge in [-0.15, -0.1) is 11.3 Å². The van der Waals surface area contributed by atoms with Gasteiger partial charge in [0.05, 0.1) is 6.04 Å². The quantitative estimate of drug-likeness (QED) is 0.599. The molecule has 2 atom stereocenters. The van der Waals surface area contributed by atoms with E-state index in [-0.39, 0.29) is 31.9 Å². The second-order valence-corrected chi connectivity index (χ2v) is 9.43. The molecule has 0 radical (unpaired) electrons. The molecule has 0 bridgehead atoms. The van der Waals surface area contributed by atoms with E-state index >= 15 is 0 Å². The Morgan fingerprint density at radius 1 is 1.30 bits per heavy atom. The lowest BCUT2D eigenvalue weighted by Gasteiger charge is -2.34. The molecule has 2 amide bonds. The van der Waals surface area contributed by atoms with Gasteiger partial charge in [-0.3, -0.25) is 13.9 Å². The molecule has 0 spiro atoms. The van der Waals surface area contributed by atoms with E-state index in [4.69, 9.17) is 10.5 Å². The summed E-state index contributed by atoms with van der Waals surface area (Å²) in [5.74, 6) is 0.0362. The number of likely N-dealkylation sites (tertiary alicyclic amines) is 1. The molecular weight excluding hydrogens is 466 g/mol. The van der Waals surface area contributed by atoms with Crippen LogP contribution in [0.1, 0.15) is 29.0 Å². The highest BCUT2D eigenvalue weighted by Gasteiger charge is 2.38. The average molecular weight is 499 g/mol. The third-order valence-corrected chi connectivity index (χ3v) is 6.74. The fourth-order valence-electron chi connectivity index (χ4n) is 3.87. The molecule has 2 aliphatic rings. The van der Waals surface area contributed by atoms with Crippen LogP contribution < -0.4 is 16.0 Å². The van der Waals surface area contributed by atoms with Crippen LogP contribution in [0.2, 0.25) is 0 Å². The maximum absolute atomic E-state index is 12.8. The number of alkyl carbamates (subject to hydrolysis) is 1. The molecular formula is C21H32N5O5S2-. The zero-order chi connectivity index (χ0) is 23.8. The summed E-state index contributed by atoms with van der Waals surface area (Å²) in [6, 6.07) is 6.16. The van der Waals surface area contributed by atoms with Crippen molar-refractivity contribution in [3.8, 4) is 0 Å². The lowest BCUT2D eigenvalue weighted by atomic mass is 10.0. The first kappa shape index (κ1) is 25.1. The summed E-state index contributed by atoms with van der Waals surface area (Å²) in [5.41, 5.74) is 5.90. The van der Waals surface area contributed by atoms with Gasteiger partial charge in [0.1, 0.15) is 6.10 Å². The monoisotopic (exact) mass is 498 g/mol. The van der Waals surface area contributed by atoms with Crippen molar-refractivity contribution in [2.75, 3.05) is 36.8 Å². The van der Waals surface area contributed by atoms with Gasteiger partial charge in [-0.25, -0.2) is 9.78 Å². The highest BCUT2D eigenvalue weighted by Crippen LogP contribution is 2.27. The van der Waals surface area contributed by atoms with Gasteiger partial charge in [-0.05, 0) is 61.5 Å². The third kappa shape index (κ3) is 6.97. The van der Waals surface area contributed by atoms with Gasteiger partial charge >= 0.3 is 6.09 Å². The first-order valence-corrected chi connectivity index (χ1v) is 12.7. The molecule has 10 nitrogen and oxygen atoms in total. The fourth-order valence-corrected chi connectivity index (χ4v) is 4.62. The first-order chi connectivity index (χ1) is 15.9. The molecule has 1 unspecified atom stereocenters. The number of amides is 2. The second kappa shape index (κ2) is 12.1. The number of aromatic nitrogens is 1. The largest absolute Gasteiger partial charge is 0.768 e. The van der Waals surface area contributed by atoms with Crippen molar-refractivity contribution in [3.05, 3.63) is 35.8 Å². The van der Waals surface area contributed by atoms with Crippen LogP contribution in [-0.4, -0.2) is 69.0 Å². The number of piperidine rings is 1. The second-order valence-electron chi connectivity index (χ2n) is 7.56. The van der Waals surface area contributed by atoms with Crippen LogP contribution in [0.5, 0.6) is 0 Å². The van der Waals surface area contributed by atoms with Gasteiger partial charge < -0.3 is 25.2 Å². The van der Waals surface area contributed by atoms with Crippen LogP contribution in [0, 0.1) is 0 Å². The number of rotatable bonds is 5. The van der Waals surface area contributed by atoms with E-state index in [2.05, 4.69) is 15.2 Å². The number of anilines is 2. The van der Waals surface area contributed by atoms with Crippen molar-refractivity contribution in [2.24, 2.45) is 0 Å². The number of carbonyl (C=O) groups excluding carboxylic acids is 2. The van der Waals surface area contributed by atoms with Crippen molar-refractivity contribution in [3.63, 3.8) is 0 Å². The number of nitrogens with one attached hydrogen (secondary N) is 1. The molecule has 1 aromatic heterocycles. The fraction of sp³-hybridized carbons (Fsp3) is 0.476. The van der Waals surface area contributed by atoms with Gasteiger partial charge in [0.25, 0.3) is 0 Å². The van der Waals surface area contributed by atoms with Crippen molar-refractivity contribution >= 4 is 45.2 Å². The van der Waals surface area contributed by atoms with Crippen molar-refractivity contribution in [2.45, 2.75) is 43.2 Å². The minimum absolute atomic E-state index is 0. The Kier molecular flexibility index (Phi) is 9.18. The van der Waals surface area contributed by atoms with Gasteiger partial charge in [-0.2, -0.15) is 0 Å². The molecule has 4 rings (SSSR count). The summed E-state index contributed by atoms with van der Waals surface area (Å²) in [6.45, 7) is 4.41. The zero-order valence-electron chi connectivity index (χ0n) is 18.3. The number of nitrogen functional groups attached to an aromatic ring is 1. The molecule has 12 heteroatoms. The Morgan fingerprint density at radius 3 is 2.52 bits per heavy atom. The smallest absolute Gasteiger partial charge is 0.407 e. The van der Waals surface area contributed by atoms with Gasteiger partial charge in [-0.1, -0.05) is 0 Å². The van der Waals surface area contributed by atoms with E-state index in [1.165, 1.54) is 23.5 Å². The minimum Gasteiger partial charge on any atom is -0.768 e. The molecule has 184 valence electrons. The predicted octanol–water partition coefficient (Wildman–Crippen LogP) is 2.46. The van der Waals surface area contributed by atoms with Crippen LogP contribution in [0.15, 0.2) is 40.7 Å². The van der Waals surface area contributed by atoms with Crippen LogP contribution in [0.3, 0.4) is 0 Å². The highest BCUT2D eigenvalue weighted by atomic mass is 32.2. The van der Waals surface area contributed by atoms with E-state index in [1.54, 1.807) is 23.2 Å². The minimum atomic E-state index is -2.27. The topological polar surface area (TPSA) is 141 Å². The van der Waals surface area contributed by atoms with Crippen LogP contribution in [0.25, 0.3) is 0 Å². The molecule has 33 heavy (non-hydrogen) atoms. The molecule has 0 aliphatic carbocycles. The number of ether oxygens (including phenoxy) is 1. The molecule has 2 fully saturated rings. The van der Waals surface area contributed by atoms with Crippen molar-refractivity contribution in [1.82, 2.24) is 15.2 Å². The Hall–Kier alpha value is -2.54. The number of hydrogen-bond acceptors (Lipinski definition) is 9. The summed E-state index contributed by atoms with van der Waals surface area (Å²) >= 11 is -0.825. The number of hydrogen-bond donors (Lipinski definition) is 2. The Balaban J connectivity index is 0.000000671. The predicted molar refractivity (Wildman–Crippen MR) is 130 cm³/mol. The van der Waals surface area contributed by atoms with E-state index in [0.29, 0.717) is 49.8 Å². The molecule has 3 N–H and O–H groups in total. The molecule has 2 aliphatic heterocycles. The number of thiazole rings is 1. The maximum Gasteiger partial charge on any atom is 0.407 e. The van der Waals surface area contributed by atoms with E-state index in [0.717, 1.165) is 6.42 Å². The molecule has 2 saturated heterocycles. The molecule has 0 saturated carbocycles. The Bertz CT molecular complexity index is 944. The Morgan fingerprint density at radius 2 is 2.00 bits per heavy atom. The standard InChI is InChI=1S/C18H25N3O5S.C3H4N2S.2H2/c1-2-19-18(23)26-14-7-10-20(11-8-14)16-9-12-21(17(16)22)13-3-5-15(6-4-13)27(24)25;4-3-5-1-2-6-3;;/h3-6,14,16H,2,7-12H2,1H3,(H,19,23)(H,24,25);1-2H,(H2,4,5);2*1H/p-1/t16-;;;/m0.../s1. The third-order valence-electron chi connectivity index (χ3n) is 5.48. The van der Waals surface area contributed by atoms with Gasteiger partial charge in [0.2, 0.25) is 5.91 Å². The molecule has 1 aromatic carbocycles. The SMILES string of the molecule is CCNC(=O)OC1CCN([C@H]2CCN(c3ccc(S(=O)[O-])cc3)C2=O)CC1.Nc1nccs1.[HH].[HH]. The van der Waals surface area contributed by atoms with Crippen LogP contribution >= 0.6 is 11.3 Å². The van der Waals surface area contributed by atoms with Crippen molar-refractivity contribution < 1.29 is 25.9 Å². The normalized spacial score (nSPS) is 20.1. The molecule has 2 aromatic rings. The van der Waals surface area contributed by atoms with Crippen LogP contribution in [0.4, 0.5) is 15.6 Å². The van der Waals surface area contributed by atoms with Gasteiger partial charge in [0, 0.05) is 51.2 Å². The van der Waals surface area contributed by atoms with E-state index in [9.17, 15) is 18.4 Å². The summed E-state index contributed by atoms with van der Waals surface area (Å²) in [6.07, 6.45) is 3.34. The summed E-state index contributed by atoms with van der Waals surface area (Å²) in [4.78, 5) is 32.1. The maximum atomic E-state index is 12.8.